The lowest BCUT2D eigenvalue weighted by Crippen LogP contribution is -2.49. The Hall–Kier alpha value is -4.44. The second kappa shape index (κ2) is 10.9. The molecule has 10 heteroatoms. The smallest absolute Gasteiger partial charge is 0.269 e. The molecule has 0 aromatic heterocycles. The lowest BCUT2D eigenvalue weighted by atomic mass is 10.1. The number of nitrogens with zero attached hydrogens (tertiary/aromatic N) is 2. The van der Waals surface area contributed by atoms with Crippen LogP contribution < -0.4 is 25.1 Å². The molecular formula is C26H24N4O5S. The van der Waals surface area contributed by atoms with Crippen LogP contribution in [-0.2, 0) is 9.59 Å². The summed E-state index contributed by atoms with van der Waals surface area (Å²) in [4.78, 5) is 40.6. The highest BCUT2D eigenvalue weighted by Gasteiger charge is 2.45. The monoisotopic (exact) mass is 504 g/mol. The zero-order valence-electron chi connectivity index (χ0n) is 19.6. The molecule has 1 atom stereocenters. The summed E-state index contributed by atoms with van der Waals surface area (Å²) in [6.45, 7) is 0. The van der Waals surface area contributed by atoms with Gasteiger partial charge in [0.2, 0.25) is 11.0 Å². The predicted molar refractivity (Wildman–Crippen MR) is 139 cm³/mol. The largest absolute Gasteiger partial charge is 0.497 e. The number of thiocarbonyl (C=S) groups is 1. The van der Waals surface area contributed by atoms with Crippen LogP contribution >= 0.6 is 12.2 Å². The number of methoxy groups -OCH3 is 2. The Morgan fingerprint density at radius 2 is 1.61 bits per heavy atom. The Morgan fingerprint density at radius 3 is 2.28 bits per heavy atom. The SMILES string of the molecule is COc1ccc(N2C(=O)[C@H](CC(=O)Nc3cccc(OC)c3)N(NC(=O)c3ccccc3)C2=S)cc1. The minimum atomic E-state index is -1.06. The summed E-state index contributed by atoms with van der Waals surface area (Å²) in [6, 6.07) is 21.1. The van der Waals surface area contributed by atoms with Gasteiger partial charge in [0.25, 0.3) is 11.8 Å². The van der Waals surface area contributed by atoms with E-state index in [2.05, 4.69) is 10.7 Å². The van der Waals surface area contributed by atoms with Crippen LogP contribution in [0.1, 0.15) is 16.8 Å². The van der Waals surface area contributed by atoms with Crippen molar-refractivity contribution in [1.82, 2.24) is 10.4 Å². The number of benzene rings is 3. The fraction of sp³-hybridized carbons (Fsp3) is 0.154. The molecule has 0 saturated carbocycles. The van der Waals surface area contributed by atoms with Crippen molar-refractivity contribution >= 4 is 46.4 Å². The van der Waals surface area contributed by atoms with Crippen molar-refractivity contribution in [3.63, 3.8) is 0 Å². The molecule has 1 saturated heterocycles. The summed E-state index contributed by atoms with van der Waals surface area (Å²) < 4.78 is 10.4. The third-order valence-corrected chi connectivity index (χ3v) is 5.91. The van der Waals surface area contributed by atoms with E-state index in [0.717, 1.165) is 0 Å². The van der Waals surface area contributed by atoms with Crippen molar-refractivity contribution in [3.05, 3.63) is 84.4 Å². The van der Waals surface area contributed by atoms with Gasteiger partial charge < -0.3 is 14.8 Å². The number of anilines is 2. The van der Waals surface area contributed by atoms with Gasteiger partial charge in [-0.1, -0.05) is 24.3 Å². The predicted octanol–water partition coefficient (Wildman–Crippen LogP) is 3.38. The Kier molecular flexibility index (Phi) is 7.45. The molecule has 0 radical (unpaired) electrons. The summed E-state index contributed by atoms with van der Waals surface area (Å²) in [7, 11) is 3.07. The first kappa shape index (κ1) is 24.7. The van der Waals surface area contributed by atoms with E-state index < -0.39 is 23.8 Å². The van der Waals surface area contributed by atoms with Gasteiger partial charge in [-0.3, -0.25) is 24.7 Å². The lowest BCUT2D eigenvalue weighted by molar-refractivity contribution is -0.124. The van der Waals surface area contributed by atoms with Crippen LogP contribution in [0.2, 0.25) is 0 Å². The number of nitrogens with one attached hydrogen (secondary N) is 2. The molecule has 184 valence electrons. The van der Waals surface area contributed by atoms with Crippen LogP contribution in [0.3, 0.4) is 0 Å². The van der Waals surface area contributed by atoms with E-state index in [4.69, 9.17) is 21.7 Å². The Bertz CT molecular complexity index is 1280. The van der Waals surface area contributed by atoms with E-state index in [1.807, 2.05) is 0 Å². The highest BCUT2D eigenvalue weighted by molar-refractivity contribution is 7.80. The molecule has 0 aliphatic carbocycles. The first-order chi connectivity index (χ1) is 17.4. The Balaban J connectivity index is 1.59. The van der Waals surface area contributed by atoms with Crippen molar-refractivity contribution in [2.24, 2.45) is 0 Å². The molecule has 0 unspecified atom stereocenters. The average molecular weight is 505 g/mol. The first-order valence-electron chi connectivity index (χ1n) is 11.0. The zero-order valence-corrected chi connectivity index (χ0v) is 20.5. The molecular weight excluding hydrogens is 480 g/mol. The van der Waals surface area contributed by atoms with Crippen molar-refractivity contribution in [1.29, 1.82) is 0 Å². The second-order valence-electron chi connectivity index (χ2n) is 7.83. The van der Waals surface area contributed by atoms with E-state index in [1.54, 1.807) is 86.0 Å². The number of hydrazine groups is 1. The van der Waals surface area contributed by atoms with E-state index >= 15 is 0 Å². The van der Waals surface area contributed by atoms with E-state index in [1.165, 1.54) is 17.0 Å². The molecule has 36 heavy (non-hydrogen) atoms. The number of amides is 3. The van der Waals surface area contributed by atoms with Crippen molar-refractivity contribution in [3.8, 4) is 11.5 Å². The molecule has 3 amide bonds. The third-order valence-electron chi connectivity index (χ3n) is 5.54. The van der Waals surface area contributed by atoms with Gasteiger partial charge >= 0.3 is 0 Å². The molecule has 0 spiro atoms. The molecule has 1 heterocycles. The van der Waals surface area contributed by atoms with Crippen molar-refractivity contribution in [2.75, 3.05) is 24.4 Å². The number of hydrogen-bond donors (Lipinski definition) is 2. The molecule has 3 aromatic carbocycles. The number of hydrogen-bond acceptors (Lipinski definition) is 6. The molecule has 1 fully saturated rings. The van der Waals surface area contributed by atoms with E-state index in [-0.39, 0.29) is 11.5 Å². The van der Waals surface area contributed by atoms with E-state index in [9.17, 15) is 14.4 Å². The maximum Gasteiger partial charge on any atom is 0.269 e. The quantitative estimate of drug-likeness (QED) is 0.454. The van der Waals surface area contributed by atoms with Gasteiger partial charge in [-0.05, 0) is 60.7 Å². The van der Waals surface area contributed by atoms with Crippen LogP contribution in [0.15, 0.2) is 78.9 Å². The van der Waals surface area contributed by atoms with Gasteiger partial charge in [-0.2, -0.15) is 0 Å². The van der Waals surface area contributed by atoms with Crippen LogP contribution in [0.25, 0.3) is 0 Å². The second-order valence-corrected chi connectivity index (χ2v) is 8.20. The van der Waals surface area contributed by atoms with Crippen LogP contribution in [0.4, 0.5) is 11.4 Å². The highest BCUT2D eigenvalue weighted by Crippen LogP contribution is 2.28. The van der Waals surface area contributed by atoms with Crippen molar-refractivity contribution in [2.45, 2.75) is 12.5 Å². The molecule has 9 nitrogen and oxygen atoms in total. The van der Waals surface area contributed by atoms with Crippen LogP contribution in [0.5, 0.6) is 11.5 Å². The standard InChI is InChI=1S/C26H24N4O5S/c1-34-20-13-11-19(12-14-20)29-25(33)22(16-23(31)27-18-9-6-10-21(15-18)35-2)30(26(29)36)28-24(32)17-7-4-3-5-8-17/h3-15,22H,16H2,1-2H3,(H,27,31)(H,28,32)/t22-/m0/s1. The lowest BCUT2D eigenvalue weighted by Gasteiger charge is -2.24. The van der Waals surface area contributed by atoms with Gasteiger partial charge in [0, 0.05) is 17.3 Å². The van der Waals surface area contributed by atoms with Crippen LogP contribution in [-0.4, -0.2) is 48.1 Å². The molecule has 4 rings (SSSR count). The molecule has 0 bridgehead atoms. The Morgan fingerprint density at radius 1 is 0.917 bits per heavy atom. The summed E-state index contributed by atoms with van der Waals surface area (Å²) in [5.74, 6) is -0.145. The topological polar surface area (TPSA) is 100 Å². The number of ether oxygens (including phenoxy) is 2. The van der Waals surface area contributed by atoms with Crippen LogP contribution in [0, 0.1) is 0 Å². The minimum Gasteiger partial charge on any atom is -0.497 e. The molecule has 1 aliphatic rings. The normalized spacial score (nSPS) is 15.0. The molecule has 1 aliphatic heterocycles. The summed E-state index contributed by atoms with van der Waals surface area (Å²) in [5.41, 5.74) is 4.09. The van der Waals surface area contributed by atoms with Gasteiger partial charge in [-0.15, -0.1) is 0 Å². The number of rotatable bonds is 8. The summed E-state index contributed by atoms with van der Waals surface area (Å²) >= 11 is 5.58. The zero-order chi connectivity index (χ0) is 25.7. The summed E-state index contributed by atoms with van der Waals surface area (Å²) in [6.07, 6.45) is -0.252. The average Bonchev–Trinajstić information content (AvgIpc) is 3.13. The fourth-order valence-electron chi connectivity index (χ4n) is 3.72. The van der Waals surface area contributed by atoms with Gasteiger partial charge in [0.1, 0.15) is 17.5 Å². The third kappa shape index (κ3) is 5.28. The number of carbonyl (C=O) groups excluding carboxylic acids is 3. The van der Waals surface area contributed by atoms with Gasteiger partial charge in [0.15, 0.2) is 0 Å². The number of carbonyl (C=O) groups is 3. The minimum absolute atomic E-state index is 0.0497. The summed E-state index contributed by atoms with van der Waals surface area (Å²) in [5, 5.41) is 4.08. The first-order valence-corrected chi connectivity index (χ1v) is 11.4. The maximum atomic E-state index is 13.5. The van der Waals surface area contributed by atoms with Gasteiger partial charge in [0.05, 0.1) is 26.3 Å². The van der Waals surface area contributed by atoms with Gasteiger partial charge in [-0.25, -0.2) is 5.01 Å². The Labute approximate surface area is 213 Å². The van der Waals surface area contributed by atoms with E-state index in [0.29, 0.717) is 28.4 Å². The van der Waals surface area contributed by atoms with Crippen molar-refractivity contribution < 1.29 is 23.9 Å². The maximum absolute atomic E-state index is 13.5. The molecule has 3 aromatic rings. The fourth-order valence-corrected chi connectivity index (χ4v) is 4.09. The highest BCUT2D eigenvalue weighted by atomic mass is 32.1. The molecule has 2 N–H and O–H groups in total.